The van der Waals surface area contributed by atoms with Crippen molar-refractivity contribution < 1.29 is 4.79 Å². The Kier molecular flexibility index (Phi) is 3.47. The maximum Gasteiger partial charge on any atom is 0.243 e. The molecule has 17 heavy (non-hydrogen) atoms. The van der Waals surface area contributed by atoms with Crippen molar-refractivity contribution >= 4 is 23.5 Å². The number of aromatic nitrogens is 2. The van der Waals surface area contributed by atoms with Crippen molar-refractivity contribution in [3.8, 4) is 0 Å². The first-order chi connectivity index (χ1) is 8.09. The minimum Gasteiger partial charge on any atom is -0.353 e. The fourth-order valence-corrected chi connectivity index (χ4v) is 2.12. The molecule has 0 saturated carbocycles. The number of piperazine rings is 1. The zero-order valence-corrected chi connectivity index (χ0v) is 10.6. The highest BCUT2D eigenvalue weighted by atomic mass is 35.5. The van der Waals surface area contributed by atoms with Crippen molar-refractivity contribution in [2.24, 2.45) is 5.92 Å². The molecular weight excluding hydrogens is 240 g/mol. The first kappa shape index (κ1) is 12.1. The van der Waals surface area contributed by atoms with E-state index in [0.717, 1.165) is 6.54 Å². The number of hydrogen-bond donors (Lipinski definition) is 1. The fourth-order valence-electron chi connectivity index (χ4n) is 2.03. The summed E-state index contributed by atoms with van der Waals surface area (Å²) in [5.41, 5.74) is 0. The van der Waals surface area contributed by atoms with E-state index in [1.807, 2.05) is 18.7 Å². The van der Waals surface area contributed by atoms with Gasteiger partial charge in [-0.25, -0.2) is 9.97 Å². The van der Waals surface area contributed by atoms with Gasteiger partial charge in [-0.3, -0.25) is 4.79 Å². The number of carbonyl (C=O) groups is 1. The SMILES string of the molecule is CC(C)C1C(=O)NCCN1c1ncc(Cl)cn1. The van der Waals surface area contributed by atoms with Crippen LogP contribution in [0.4, 0.5) is 5.95 Å². The van der Waals surface area contributed by atoms with Crippen LogP contribution >= 0.6 is 11.6 Å². The third-order valence-corrected chi connectivity index (χ3v) is 2.95. The second kappa shape index (κ2) is 4.87. The predicted molar refractivity (Wildman–Crippen MR) is 66.0 cm³/mol. The van der Waals surface area contributed by atoms with E-state index >= 15 is 0 Å². The Labute approximate surface area is 105 Å². The van der Waals surface area contributed by atoms with Crippen LogP contribution in [0.5, 0.6) is 0 Å². The van der Waals surface area contributed by atoms with Gasteiger partial charge >= 0.3 is 0 Å². The second-order valence-corrected chi connectivity index (χ2v) is 4.81. The van der Waals surface area contributed by atoms with Crippen LogP contribution in [-0.4, -0.2) is 35.0 Å². The molecule has 6 heteroatoms. The maximum atomic E-state index is 11.9. The molecule has 1 aliphatic rings. The molecule has 92 valence electrons. The van der Waals surface area contributed by atoms with Gasteiger partial charge in [0.25, 0.3) is 0 Å². The molecule has 1 saturated heterocycles. The number of carbonyl (C=O) groups excluding carboxylic acids is 1. The van der Waals surface area contributed by atoms with E-state index in [-0.39, 0.29) is 17.9 Å². The maximum absolute atomic E-state index is 11.9. The highest BCUT2D eigenvalue weighted by Gasteiger charge is 2.33. The lowest BCUT2D eigenvalue weighted by Crippen LogP contribution is -2.58. The molecule has 1 aromatic rings. The van der Waals surface area contributed by atoms with Crippen LogP contribution in [0.15, 0.2) is 12.4 Å². The predicted octanol–water partition coefficient (Wildman–Crippen LogP) is 1.09. The molecule has 1 fully saturated rings. The number of nitrogens with one attached hydrogen (secondary N) is 1. The van der Waals surface area contributed by atoms with E-state index in [1.54, 1.807) is 12.4 Å². The minimum atomic E-state index is -0.218. The number of amides is 1. The van der Waals surface area contributed by atoms with E-state index in [2.05, 4.69) is 15.3 Å². The molecule has 1 N–H and O–H groups in total. The van der Waals surface area contributed by atoms with Gasteiger partial charge in [-0.05, 0) is 5.92 Å². The topological polar surface area (TPSA) is 58.1 Å². The smallest absolute Gasteiger partial charge is 0.243 e. The Bertz CT molecular complexity index is 406. The molecule has 1 aliphatic heterocycles. The number of rotatable bonds is 2. The summed E-state index contributed by atoms with van der Waals surface area (Å²) in [5, 5.41) is 3.36. The van der Waals surface area contributed by atoms with Gasteiger partial charge in [0.05, 0.1) is 17.4 Å². The lowest BCUT2D eigenvalue weighted by Gasteiger charge is -2.37. The normalized spacial score (nSPS) is 20.6. The summed E-state index contributed by atoms with van der Waals surface area (Å²) in [4.78, 5) is 22.1. The van der Waals surface area contributed by atoms with Gasteiger partial charge in [0.15, 0.2) is 0 Å². The molecule has 0 aliphatic carbocycles. The molecular formula is C11H15ClN4O. The fraction of sp³-hybridized carbons (Fsp3) is 0.545. The standard InChI is InChI=1S/C11H15ClN4O/c1-7(2)9-10(17)13-3-4-16(9)11-14-5-8(12)6-15-11/h5-7,9H,3-4H2,1-2H3,(H,13,17). The second-order valence-electron chi connectivity index (χ2n) is 4.37. The third kappa shape index (κ3) is 2.49. The minimum absolute atomic E-state index is 0.0322. The molecule has 0 bridgehead atoms. The van der Waals surface area contributed by atoms with Gasteiger partial charge in [0.2, 0.25) is 11.9 Å². The molecule has 1 unspecified atom stereocenters. The van der Waals surface area contributed by atoms with E-state index < -0.39 is 0 Å². The van der Waals surface area contributed by atoms with Crippen LogP contribution in [0, 0.1) is 5.92 Å². The number of anilines is 1. The van der Waals surface area contributed by atoms with Crippen molar-refractivity contribution in [1.29, 1.82) is 0 Å². The molecule has 0 radical (unpaired) electrons. The molecule has 0 spiro atoms. The van der Waals surface area contributed by atoms with Crippen molar-refractivity contribution in [1.82, 2.24) is 15.3 Å². The highest BCUT2D eigenvalue weighted by molar-refractivity contribution is 6.30. The Morgan fingerprint density at radius 2 is 2.12 bits per heavy atom. The first-order valence-corrected chi connectivity index (χ1v) is 5.99. The monoisotopic (exact) mass is 254 g/mol. The zero-order valence-electron chi connectivity index (χ0n) is 9.85. The summed E-state index contributed by atoms with van der Waals surface area (Å²) in [5.74, 6) is 0.794. The van der Waals surface area contributed by atoms with Crippen LogP contribution in [-0.2, 0) is 4.79 Å². The van der Waals surface area contributed by atoms with E-state index in [1.165, 1.54) is 0 Å². The summed E-state index contributed by atoms with van der Waals surface area (Å²) in [6, 6.07) is -0.218. The highest BCUT2D eigenvalue weighted by Crippen LogP contribution is 2.19. The summed E-state index contributed by atoms with van der Waals surface area (Å²) in [6.45, 7) is 5.36. The average molecular weight is 255 g/mol. The molecule has 1 amide bonds. The Hall–Kier alpha value is -1.36. The van der Waals surface area contributed by atoms with Gasteiger partial charge < -0.3 is 10.2 Å². The molecule has 1 aromatic heterocycles. The Morgan fingerprint density at radius 3 is 2.71 bits per heavy atom. The van der Waals surface area contributed by atoms with Crippen molar-refractivity contribution in [2.45, 2.75) is 19.9 Å². The Morgan fingerprint density at radius 1 is 1.47 bits per heavy atom. The quantitative estimate of drug-likeness (QED) is 0.859. The average Bonchev–Trinajstić information content (AvgIpc) is 2.29. The lowest BCUT2D eigenvalue weighted by atomic mass is 10.0. The summed E-state index contributed by atoms with van der Waals surface area (Å²) < 4.78 is 0. The Balaban J connectivity index is 2.28. The number of halogens is 1. The molecule has 2 rings (SSSR count). The van der Waals surface area contributed by atoms with Crippen molar-refractivity contribution in [3.05, 3.63) is 17.4 Å². The van der Waals surface area contributed by atoms with Crippen LogP contribution in [0.2, 0.25) is 5.02 Å². The van der Waals surface area contributed by atoms with Gasteiger partial charge in [0, 0.05) is 13.1 Å². The van der Waals surface area contributed by atoms with E-state index in [9.17, 15) is 4.79 Å². The zero-order chi connectivity index (χ0) is 12.4. The largest absolute Gasteiger partial charge is 0.353 e. The summed E-state index contributed by atoms with van der Waals surface area (Å²) in [7, 11) is 0. The molecule has 0 aromatic carbocycles. The molecule has 1 atom stereocenters. The van der Waals surface area contributed by atoms with Crippen molar-refractivity contribution in [2.75, 3.05) is 18.0 Å². The molecule has 2 heterocycles. The van der Waals surface area contributed by atoms with Crippen molar-refractivity contribution in [3.63, 3.8) is 0 Å². The van der Waals surface area contributed by atoms with E-state index in [4.69, 9.17) is 11.6 Å². The molecule has 5 nitrogen and oxygen atoms in total. The van der Waals surface area contributed by atoms with Crippen LogP contribution in [0.3, 0.4) is 0 Å². The lowest BCUT2D eigenvalue weighted by molar-refractivity contribution is -0.124. The van der Waals surface area contributed by atoms with Crippen LogP contribution < -0.4 is 10.2 Å². The van der Waals surface area contributed by atoms with Gasteiger partial charge in [0.1, 0.15) is 6.04 Å². The summed E-state index contributed by atoms with van der Waals surface area (Å²) >= 11 is 5.76. The van der Waals surface area contributed by atoms with Gasteiger partial charge in [-0.1, -0.05) is 25.4 Å². The van der Waals surface area contributed by atoms with E-state index in [0.29, 0.717) is 17.5 Å². The number of nitrogens with zero attached hydrogens (tertiary/aromatic N) is 3. The van der Waals surface area contributed by atoms with Crippen LogP contribution in [0.25, 0.3) is 0 Å². The van der Waals surface area contributed by atoms with Gasteiger partial charge in [-0.15, -0.1) is 0 Å². The summed E-state index contributed by atoms with van der Waals surface area (Å²) in [6.07, 6.45) is 3.10. The number of hydrogen-bond acceptors (Lipinski definition) is 4. The first-order valence-electron chi connectivity index (χ1n) is 5.61. The van der Waals surface area contributed by atoms with Crippen LogP contribution in [0.1, 0.15) is 13.8 Å². The van der Waals surface area contributed by atoms with Gasteiger partial charge in [-0.2, -0.15) is 0 Å². The third-order valence-electron chi connectivity index (χ3n) is 2.75.